The van der Waals surface area contributed by atoms with E-state index in [0.717, 1.165) is 18.7 Å². The summed E-state index contributed by atoms with van der Waals surface area (Å²) in [6.45, 7) is 1.48. The minimum atomic E-state index is 0. The number of aromatic nitrogens is 4. The van der Waals surface area contributed by atoms with E-state index >= 15 is 0 Å². The van der Waals surface area contributed by atoms with E-state index in [1.54, 1.807) is 18.5 Å². The molecule has 7 nitrogen and oxygen atoms in total. The van der Waals surface area contributed by atoms with Gasteiger partial charge in [0.15, 0.2) is 11.5 Å². The zero-order valence-corrected chi connectivity index (χ0v) is 10.5. The summed E-state index contributed by atoms with van der Waals surface area (Å²) in [5, 5.41) is 1.73. The van der Waals surface area contributed by atoms with Gasteiger partial charge in [0, 0.05) is 20.1 Å². The number of halogens is 1. The number of hydroxylamine groups is 2. The average Bonchev–Trinajstić information content (AvgIpc) is 2.70. The maximum Gasteiger partial charge on any atom is 0.165 e. The molecule has 2 N–H and O–H groups in total. The number of hydrogen-bond donors (Lipinski definition) is 1. The summed E-state index contributed by atoms with van der Waals surface area (Å²) in [4.78, 5) is 17.2. The van der Waals surface area contributed by atoms with Crippen LogP contribution < -0.4 is 5.73 Å². The van der Waals surface area contributed by atoms with Crippen LogP contribution in [0, 0.1) is 0 Å². The van der Waals surface area contributed by atoms with Gasteiger partial charge in [0.2, 0.25) is 0 Å². The first-order chi connectivity index (χ1) is 7.72. The number of anilines is 1. The van der Waals surface area contributed by atoms with E-state index in [1.807, 2.05) is 11.6 Å². The van der Waals surface area contributed by atoms with Crippen LogP contribution in [0.25, 0.3) is 11.2 Å². The summed E-state index contributed by atoms with van der Waals surface area (Å²) in [6.07, 6.45) is 3.15. The van der Waals surface area contributed by atoms with Gasteiger partial charge < -0.3 is 15.1 Å². The Bertz CT molecular complexity index is 487. The van der Waals surface area contributed by atoms with Crippen molar-refractivity contribution < 1.29 is 4.84 Å². The van der Waals surface area contributed by atoms with Crippen LogP contribution in [0.15, 0.2) is 12.7 Å². The Kier molecular flexibility index (Phi) is 4.62. The molecule has 17 heavy (non-hydrogen) atoms. The van der Waals surface area contributed by atoms with Crippen molar-refractivity contribution in [2.45, 2.75) is 6.54 Å². The van der Waals surface area contributed by atoms with Crippen LogP contribution in [0.5, 0.6) is 0 Å². The van der Waals surface area contributed by atoms with Gasteiger partial charge in [0.1, 0.15) is 11.8 Å². The molecule has 0 amide bonds. The van der Waals surface area contributed by atoms with Crippen molar-refractivity contribution >= 4 is 29.4 Å². The van der Waals surface area contributed by atoms with Crippen LogP contribution >= 0.6 is 12.4 Å². The molecule has 2 aromatic rings. The largest absolute Gasteiger partial charge is 0.382 e. The van der Waals surface area contributed by atoms with Gasteiger partial charge in [-0.05, 0) is 0 Å². The number of hydrogen-bond acceptors (Lipinski definition) is 6. The van der Waals surface area contributed by atoms with E-state index in [1.165, 1.54) is 6.33 Å². The fourth-order valence-corrected chi connectivity index (χ4v) is 1.40. The van der Waals surface area contributed by atoms with Crippen molar-refractivity contribution in [3.63, 3.8) is 0 Å². The number of fused-ring (bicyclic) bond motifs is 1. The lowest BCUT2D eigenvalue weighted by Crippen LogP contribution is -2.21. The van der Waals surface area contributed by atoms with Crippen molar-refractivity contribution in [3.05, 3.63) is 12.7 Å². The normalized spacial score (nSPS) is 10.8. The first-order valence-electron chi connectivity index (χ1n) is 4.89. The molecule has 0 saturated carbocycles. The molecule has 0 unspecified atom stereocenters. The second-order valence-electron chi connectivity index (χ2n) is 3.40. The Balaban J connectivity index is 0.00000144. The zero-order chi connectivity index (χ0) is 11.5. The van der Waals surface area contributed by atoms with Gasteiger partial charge in [-0.25, -0.2) is 15.0 Å². The van der Waals surface area contributed by atoms with Gasteiger partial charge in [-0.2, -0.15) is 5.06 Å². The molecule has 0 fully saturated rings. The van der Waals surface area contributed by atoms with Crippen LogP contribution in [-0.2, 0) is 11.4 Å². The van der Waals surface area contributed by atoms with E-state index in [-0.39, 0.29) is 12.4 Å². The molecule has 94 valence electrons. The number of rotatable bonds is 4. The molecule has 0 atom stereocenters. The Hall–Kier alpha value is -1.44. The first-order valence-corrected chi connectivity index (χ1v) is 4.89. The van der Waals surface area contributed by atoms with E-state index in [9.17, 15) is 0 Å². The second kappa shape index (κ2) is 5.76. The van der Waals surface area contributed by atoms with Crippen molar-refractivity contribution in [2.75, 3.05) is 26.4 Å². The number of nitrogens with two attached hydrogens (primary N) is 1. The number of imidazole rings is 1. The molecule has 0 radical (unpaired) electrons. The summed E-state index contributed by atoms with van der Waals surface area (Å²) in [6, 6.07) is 0. The Labute approximate surface area is 105 Å². The molecule has 2 rings (SSSR count). The molecule has 0 saturated heterocycles. The number of likely N-dealkylation sites (N-methyl/N-ethyl adjacent to an activating group) is 1. The Morgan fingerprint density at radius 1 is 1.41 bits per heavy atom. The van der Waals surface area contributed by atoms with Gasteiger partial charge in [0.25, 0.3) is 0 Å². The van der Waals surface area contributed by atoms with Crippen molar-refractivity contribution in [1.29, 1.82) is 0 Å². The van der Waals surface area contributed by atoms with Crippen LogP contribution in [-0.4, -0.2) is 45.3 Å². The molecule has 2 aromatic heterocycles. The highest BCUT2D eigenvalue weighted by atomic mass is 35.5. The number of nitrogens with zero attached hydrogens (tertiary/aromatic N) is 5. The van der Waals surface area contributed by atoms with Crippen LogP contribution in [0.4, 0.5) is 5.82 Å². The fourth-order valence-electron chi connectivity index (χ4n) is 1.40. The van der Waals surface area contributed by atoms with Crippen molar-refractivity contribution in [2.24, 2.45) is 0 Å². The maximum atomic E-state index is 5.69. The first kappa shape index (κ1) is 13.6. The monoisotopic (exact) mass is 258 g/mol. The molecular weight excluding hydrogens is 244 g/mol. The van der Waals surface area contributed by atoms with Gasteiger partial charge in [-0.3, -0.25) is 0 Å². The molecule has 0 aliphatic rings. The smallest absolute Gasteiger partial charge is 0.165 e. The summed E-state index contributed by atoms with van der Waals surface area (Å²) in [5.41, 5.74) is 7.08. The third-order valence-electron chi connectivity index (χ3n) is 2.40. The van der Waals surface area contributed by atoms with Crippen LogP contribution in [0.2, 0.25) is 0 Å². The maximum absolute atomic E-state index is 5.69. The average molecular weight is 259 g/mol. The predicted molar refractivity (Wildman–Crippen MR) is 66.6 cm³/mol. The number of nitrogen functional groups attached to an aromatic ring is 1. The highest BCUT2D eigenvalue weighted by Crippen LogP contribution is 2.13. The van der Waals surface area contributed by atoms with Crippen molar-refractivity contribution in [1.82, 2.24) is 24.6 Å². The Morgan fingerprint density at radius 3 is 2.88 bits per heavy atom. The quantitative estimate of drug-likeness (QED) is 0.796. The van der Waals surface area contributed by atoms with Gasteiger partial charge >= 0.3 is 0 Å². The minimum Gasteiger partial charge on any atom is -0.382 e. The summed E-state index contributed by atoms with van der Waals surface area (Å²) < 4.78 is 1.92. The van der Waals surface area contributed by atoms with E-state index in [2.05, 4.69) is 15.0 Å². The third kappa shape index (κ3) is 2.82. The molecule has 0 aliphatic heterocycles. The van der Waals surface area contributed by atoms with Gasteiger partial charge in [-0.15, -0.1) is 12.4 Å². The second-order valence-corrected chi connectivity index (χ2v) is 3.40. The molecule has 0 aromatic carbocycles. The lowest BCUT2D eigenvalue weighted by molar-refractivity contribution is -0.110. The molecule has 0 spiro atoms. The lowest BCUT2D eigenvalue weighted by Gasteiger charge is -2.13. The van der Waals surface area contributed by atoms with Gasteiger partial charge in [-0.1, -0.05) is 0 Å². The van der Waals surface area contributed by atoms with Gasteiger partial charge in [0.05, 0.1) is 13.4 Å². The summed E-state index contributed by atoms with van der Waals surface area (Å²) in [5.74, 6) is 0.406. The Morgan fingerprint density at radius 2 is 2.18 bits per heavy atom. The molecule has 8 heteroatoms. The highest BCUT2D eigenvalue weighted by molar-refractivity contribution is 5.85. The lowest BCUT2D eigenvalue weighted by atomic mass is 10.5. The van der Waals surface area contributed by atoms with Crippen LogP contribution in [0.1, 0.15) is 0 Å². The van der Waals surface area contributed by atoms with E-state index in [4.69, 9.17) is 10.6 Å². The van der Waals surface area contributed by atoms with Crippen molar-refractivity contribution in [3.8, 4) is 0 Å². The molecule has 0 aliphatic carbocycles. The molecule has 2 heterocycles. The summed E-state index contributed by atoms with van der Waals surface area (Å²) in [7, 11) is 3.49. The molecular formula is C9H15ClN6O. The van der Waals surface area contributed by atoms with E-state index in [0.29, 0.717) is 11.3 Å². The highest BCUT2D eigenvalue weighted by Gasteiger charge is 2.07. The standard InChI is InChI=1S/C9H14N6O.ClH/c1-14(16-2)3-4-15-6-13-7-8(10)11-5-12-9(7)15;/h5-6H,3-4H2,1-2H3,(H2,10,11,12);1H. The minimum absolute atomic E-state index is 0. The molecule has 0 bridgehead atoms. The van der Waals surface area contributed by atoms with E-state index < -0.39 is 0 Å². The topological polar surface area (TPSA) is 82.1 Å². The predicted octanol–water partition coefficient (Wildman–Crippen LogP) is 0.324. The fraction of sp³-hybridized carbons (Fsp3) is 0.444. The zero-order valence-electron chi connectivity index (χ0n) is 9.70. The summed E-state index contributed by atoms with van der Waals surface area (Å²) >= 11 is 0. The SMILES string of the molecule is CON(C)CCn1cnc2c(N)ncnc21.Cl. The van der Waals surface area contributed by atoms with Crippen LogP contribution in [0.3, 0.4) is 0 Å². The third-order valence-corrected chi connectivity index (χ3v) is 2.40.